The van der Waals surface area contributed by atoms with E-state index in [1.807, 2.05) is 35.7 Å². The van der Waals surface area contributed by atoms with Crippen LogP contribution in [0, 0.1) is 0 Å². The van der Waals surface area contributed by atoms with Gasteiger partial charge in [0.25, 0.3) is 5.56 Å². The van der Waals surface area contributed by atoms with Crippen LogP contribution in [0.3, 0.4) is 0 Å². The maximum absolute atomic E-state index is 12.6. The minimum absolute atomic E-state index is 0.00144. The Labute approximate surface area is 182 Å². The number of nitrogens with zero attached hydrogens (tertiary/aromatic N) is 3. The Bertz CT molecular complexity index is 1030. The predicted molar refractivity (Wildman–Crippen MR) is 125 cm³/mol. The first-order valence-electron chi connectivity index (χ1n) is 11.1. The lowest BCUT2D eigenvalue weighted by Gasteiger charge is -2.25. The molecule has 5 nitrogen and oxygen atoms in total. The molecule has 1 fully saturated rings. The quantitative estimate of drug-likeness (QED) is 0.467. The third kappa shape index (κ3) is 4.30. The van der Waals surface area contributed by atoms with E-state index in [1.165, 1.54) is 12.8 Å². The molecule has 0 N–H and O–H groups in total. The second kappa shape index (κ2) is 9.31. The largest absolute Gasteiger partial charge is 0.494 e. The van der Waals surface area contributed by atoms with Gasteiger partial charge in [-0.25, -0.2) is 4.68 Å². The molecule has 0 radical (unpaired) electrons. The first-order chi connectivity index (χ1) is 14.6. The summed E-state index contributed by atoms with van der Waals surface area (Å²) in [6, 6.07) is 11.4. The normalized spacial score (nSPS) is 19.6. The van der Waals surface area contributed by atoms with Gasteiger partial charge >= 0.3 is 0 Å². The van der Waals surface area contributed by atoms with Crippen molar-refractivity contribution in [3.05, 3.63) is 46.1 Å². The number of aromatic nitrogens is 2. The van der Waals surface area contributed by atoms with Crippen LogP contribution in [0.2, 0.25) is 0 Å². The molecular formula is C24H31N3O2S. The van der Waals surface area contributed by atoms with Crippen molar-refractivity contribution in [1.82, 2.24) is 14.7 Å². The van der Waals surface area contributed by atoms with Crippen molar-refractivity contribution in [2.24, 2.45) is 0 Å². The zero-order valence-corrected chi connectivity index (χ0v) is 19.0. The van der Waals surface area contributed by atoms with Crippen LogP contribution in [0.15, 0.2) is 40.5 Å². The van der Waals surface area contributed by atoms with Crippen molar-refractivity contribution in [1.29, 1.82) is 0 Å². The fraction of sp³-hybridized carbons (Fsp3) is 0.500. The Morgan fingerprint density at radius 3 is 2.53 bits per heavy atom. The maximum atomic E-state index is 12.6. The van der Waals surface area contributed by atoms with E-state index in [0.29, 0.717) is 18.6 Å². The Kier molecular flexibility index (Phi) is 6.54. The number of benzene rings is 1. The second-order valence-corrected chi connectivity index (χ2v) is 9.20. The molecule has 0 spiro atoms. The van der Waals surface area contributed by atoms with E-state index in [4.69, 9.17) is 4.74 Å². The Balaban J connectivity index is 1.43. The van der Waals surface area contributed by atoms with Crippen LogP contribution < -0.4 is 10.3 Å². The van der Waals surface area contributed by atoms with Gasteiger partial charge < -0.3 is 4.74 Å². The van der Waals surface area contributed by atoms with E-state index < -0.39 is 0 Å². The van der Waals surface area contributed by atoms with E-state index >= 15 is 0 Å². The van der Waals surface area contributed by atoms with Crippen LogP contribution in [-0.4, -0.2) is 39.9 Å². The molecule has 1 aliphatic heterocycles. The average molecular weight is 426 g/mol. The third-order valence-corrected chi connectivity index (χ3v) is 7.01. The predicted octanol–water partition coefficient (Wildman–Crippen LogP) is 5.18. The molecule has 1 saturated heterocycles. The SMILES string of the molecule is CCCn1nc(-c2ccc(OCCCN3[C@H](C)CC[C@H]3C)cc2)c2sccc2c1=O. The molecule has 2 aromatic heterocycles. The van der Waals surface area contributed by atoms with Gasteiger partial charge in [0.05, 0.1) is 16.7 Å². The zero-order chi connectivity index (χ0) is 21.1. The maximum Gasteiger partial charge on any atom is 0.275 e. The van der Waals surface area contributed by atoms with Gasteiger partial charge in [-0.1, -0.05) is 6.92 Å². The molecule has 30 heavy (non-hydrogen) atoms. The zero-order valence-electron chi connectivity index (χ0n) is 18.1. The number of fused-ring (bicyclic) bond motifs is 1. The molecule has 0 unspecified atom stereocenters. The summed E-state index contributed by atoms with van der Waals surface area (Å²) in [7, 11) is 0. The minimum Gasteiger partial charge on any atom is -0.494 e. The third-order valence-electron chi connectivity index (χ3n) is 6.09. The summed E-state index contributed by atoms with van der Waals surface area (Å²) in [4.78, 5) is 15.2. The van der Waals surface area contributed by atoms with Crippen molar-refractivity contribution < 1.29 is 4.74 Å². The molecule has 0 amide bonds. The lowest BCUT2D eigenvalue weighted by Crippen LogP contribution is -2.34. The number of likely N-dealkylation sites (tertiary alicyclic amines) is 1. The summed E-state index contributed by atoms with van der Waals surface area (Å²) in [5, 5.41) is 7.38. The molecule has 1 aliphatic rings. The smallest absolute Gasteiger partial charge is 0.275 e. The molecule has 2 atom stereocenters. The van der Waals surface area contributed by atoms with E-state index in [0.717, 1.165) is 53.1 Å². The lowest BCUT2D eigenvalue weighted by atomic mass is 10.1. The van der Waals surface area contributed by atoms with Gasteiger partial charge in [0.15, 0.2) is 0 Å². The standard InChI is InChI=1S/C24H31N3O2S/c1-4-13-27-24(28)21-12-16-30-23(21)22(25-27)19-8-10-20(11-9-19)29-15-5-14-26-17(2)6-7-18(26)3/h8-12,16-18H,4-7,13-15H2,1-3H3/t17-,18-/m1/s1. The fourth-order valence-corrected chi connectivity index (χ4v) is 5.29. The molecule has 6 heteroatoms. The number of ether oxygens (including phenoxy) is 1. The van der Waals surface area contributed by atoms with E-state index in [1.54, 1.807) is 16.0 Å². The topological polar surface area (TPSA) is 47.4 Å². The summed E-state index contributed by atoms with van der Waals surface area (Å²) < 4.78 is 8.53. The van der Waals surface area contributed by atoms with Crippen LogP contribution in [0.1, 0.15) is 46.5 Å². The van der Waals surface area contributed by atoms with Crippen molar-refractivity contribution >= 4 is 21.4 Å². The van der Waals surface area contributed by atoms with E-state index in [-0.39, 0.29) is 5.56 Å². The van der Waals surface area contributed by atoms with Gasteiger partial charge in [-0.3, -0.25) is 9.69 Å². The average Bonchev–Trinajstić information content (AvgIpc) is 3.36. The molecule has 0 bridgehead atoms. The highest BCUT2D eigenvalue weighted by atomic mass is 32.1. The van der Waals surface area contributed by atoms with Crippen LogP contribution in [0.25, 0.3) is 21.3 Å². The van der Waals surface area contributed by atoms with Gasteiger partial charge in [0.1, 0.15) is 11.4 Å². The fourth-order valence-electron chi connectivity index (χ4n) is 4.40. The number of thiophene rings is 1. The molecule has 1 aromatic carbocycles. The van der Waals surface area contributed by atoms with Crippen molar-refractivity contribution in [2.45, 2.75) is 65.1 Å². The molecule has 3 aromatic rings. The van der Waals surface area contributed by atoms with Gasteiger partial charge in [-0.2, -0.15) is 5.10 Å². The molecular weight excluding hydrogens is 394 g/mol. The molecule has 0 saturated carbocycles. The number of hydrogen-bond donors (Lipinski definition) is 0. The number of aryl methyl sites for hydroxylation is 1. The van der Waals surface area contributed by atoms with Crippen LogP contribution in [0.4, 0.5) is 0 Å². The molecule has 160 valence electrons. The summed E-state index contributed by atoms with van der Waals surface area (Å²) >= 11 is 1.57. The lowest BCUT2D eigenvalue weighted by molar-refractivity contribution is 0.191. The first-order valence-corrected chi connectivity index (χ1v) is 11.9. The minimum atomic E-state index is -0.00144. The molecule has 3 heterocycles. The van der Waals surface area contributed by atoms with Crippen LogP contribution in [-0.2, 0) is 6.54 Å². The van der Waals surface area contributed by atoms with Crippen molar-refractivity contribution in [3.8, 4) is 17.0 Å². The highest BCUT2D eigenvalue weighted by molar-refractivity contribution is 7.17. The highest BCUT2D eigenvalue weighted by Crippen LogP contribution is 2.30. The van der Waals surface area contributed by atoms with E-state index in [9.17, 15) is 4.79 Å². The first kappa shape index (κ1) is 21.1. The Hall–Kier alpha value is -2.18. The summed E-state index contributed by atoms with van der Waals surface area (Å²) in [5.41, 5.74) is 1.88. The summed E-state index contributed by atoms with van der Waals surface area (Å²) in [6.07, 6.45) is 4.53. The van der Waals surface area contributed by atoms with Crippen LogP contribution in [0.5, 0.6) is 5.75 Å². The van der Waals surface area contributed by atoms with E-state index in [2.05, 4.69) is 30.8 Å². The monoisotopic (exact) mass is 425 g/mol. The molecule has 0 aliphatic carbocycles. The van der Waals surface area contributed by atoms with Crippen molar-refractivity contribution in [3.63, 3.8) is 0 Å². The number of rotatable bonds is 8. The summed E-state index contributed by atoms with van der Waals surface area (Å²) in [5.74, 6) is 0.880. The summed E-state index contributed by atoms with van der Waals surface area (Å²) in [6.45, 7) is 9.16. The highest BCUT2D eigenvalue weighted by Gasteiger charge is 2.26. The molecule has 4 rings (SSSR count). The van der Waals surface area contributed by atoms with Gasteiger partial charge in [0.2, 0.25) is 0 Å². The Morgan fingerprint density at radius 1 is 1.10 bits per heavy atom. The van der Waals surface area contributed by atoms with Gasteiger partial charge in [-0.15, -0.1) is 11.3 Å². The Morgan fingerprint density at radius 2 is 1.83 bits per heavy atom. The van der Waals surface area contributed by atoms with Gasteiger partial charge in [-0.05, 0) is 75.2 Å². The van der Waals surface area contributed by atoms with Crippen molar-refractivity contribution in [2.75, 3.05) is 13.2 Å². The van der Waals surface area contributed by atoms with Crippen LogP contribution >= 0.6 is 11.3 Å². The van der Waals surface area contributed by atoms with Gasteiger partial charge in [0, 0.05) is 30.7 Å². The number of hydrogen-bond acceptors (Lipinski definition) is 5. The second-order valence-electron chi connectivity index (χ2n) is 8.28.